The molecule has 0 unspecified atom stereocenters. The Labute approximate surface area is 102 Å². The molecule has 0 saturated carbocycles. The van der Waals surface area contributed by atoms with Crippen LogP contribution in [0.2, 0.25) is 0 Å². The number of nitrogens with zero attached hydrogens (tertiary/aromatic N) is 3. The van der Waals surface area contributed by atoms with Crippen LogP contribution in [0.15, 0.2) is 23.0 Å². The summed E-state index contributed by atoms with van der Waals surface area (Å²) >= 11 is 1.60. The lowest BCUT2D eigenvalue weighted by atomic mass is 10.1. The molecule has 1 fully saturated rings. The molecule has 0 atom stereocenters. The van der Waals surface area contributed by atoms with Gasteiger partial charge in [-0.3, -0.25) is 4.79 Å². The second kappa shape index (κ2) is 4.38. The van der Waals surface area contributed by atoms with Crippen LogP contribution in [0.25, 0.3) is 0 Å². The Kier molecular flexibility index (Phi) is 2.74. The lowest BCUT2D eigenvalue weighted by molar-refractivity contribution is 0.0988. The highest BCUT2D eigenvalue weighted by Crippen LogP contribution is 2.12. The molecule has 5 nitrogen and oxygen atoms in total. The van der Waals surface area contributed by atoms with Gasteiger partial charge >= 0.3 is 0 Å². The average Bonchev–Trinajstić information content (AvgIpc) is 2.85. The van der Waals surface area contributed by atoms with Crippen molar-refractivity contribution < 1.29 is 4.79 Å². The Morgan fingerprint density at radius 1 is 1.59 bits per heavy atom. The largest absolute Gasteiger partial charge is 0.312 e. The van der Waals surface area contributed by atoms with Gasteiger partial charge in [0.05, 0.1) is 12.2 Å². The molecule has 0 amide bonds. The van der Waals surface area contributed by atoms with Gasteiger partial charge < -0.3 is 5.32 Å². The van der Waals surface area contributed by atoms with Crippen molar-refractivity contribution in [1.82, 2.24) is 20.3 Å². The predicted octanol–water partition coefficient (Wildman–Crippen LogP) is 0.909. The molecule has 0 bridgehead atoms. The Bertz CT molecular complexity index is 515. The molecule has 17 heavy (non-hydrogen) atoms. The molecule has 3 rings (SSSR count). The standard InChI is InChI=1S/C11H12N4OS/c16-11(3-8-1-2-17-7-8)10-6-15(14-13-10)9-4-12-5-9/h1-2,6-7,9,12H,3-5H2. The number of nitrogens with one attached hydrogen (secondary N) is 1. The zero-order valence-electron chi connectivity index (χ0n) is 9.17. The predicted molar refractivity (Wildman–Crippen MR) is 64.3 cm³/mol. The summed E-state index contributed by atoms with van der Waals surface area (Å²) in [5, 5.41) is 15.1. The van der Waals surface area contributed by atoms with Crippen LogP contribution in [0.4, 0.5) is 0 Å². The van der Waals surface area contributed by atoms with Gasteiger partial charge in [0.1, 0.15) is 5.69 Å². The third kappa shape index (κ3) is 2.13. The van der Waals surface area contributed by atoms with Crippen molar-refractivity contribution in [3.63, 3.8) is 0 Å². The van der Waals surface area contributed by atoms with E-state index in [0.29, 0.717) is 18.2 Å². The summed E-state index contributed by atoms with van der Waals surface area (Å²) in [5.41, 5.74) is 1.50. The fourth-order valence-electron chi connectivity index (χ4n) is 1.71. The van der Waals surface area contributed by atoms with Gasteiger partial charge in [-0.25, -0.2) is 4.68 Å². The van der Waals surface area contributed by atoms with Gasteiger partial charge in [0.2, 0.25) is 0 Å². The first-order chi connectivity index (χ1) is 8.33. The first-order valence-electron chi connectivity index (χ1n) is 5.50. The van der Waals surface area contributed by atoms with Gasteiger partial charge in [0.15, 0.2) is 5.78 Å². The molecule has 1 saturated heterocycles. The monoisotopic (exact) mass is 248 g/mol. The molecule has 88 valence electrons. The van der Waals surface area contributed by atoms with Crippen molar-refractivity contribution in [2.24, 2.45) is 0 Å². The first-order valence-corrected chi connectivity index (χ1v) is 6.44. The zero-order valence-corrected chi connectivity index (χ0v) is 9.98. The van der Waals surface area contributed by atoms with Crippen LogP contribution >= 0.6 is 11.3 Å². The van der Waals surface area contributed by atoms with Gasteiger partial charge in [0.25, 0.3) is 0 Å². The van der Waals surface area contributed by atoms with Crippen molar-refractivity contribution in [2.75, 3.05) is 13.1 Å². The number of carbonyl (C=O) groups excluding carboxylic acids is 1. The fourth-order valence-corrected chi connectivity index (χ4v) is 2.38. The van der Waals surface area contributed by atoms with E-state index in [1.807, 2.05) is 16.8 Å². The van der Waals surface area contributed by atoms with E-state index in [2.05, 4.69) is 15.6 Å². The van der Waals surface area contributed by atoms with Crippen molar-refractivity contribution in [2.45, 2.75) is 12.5 Å². The summed E-state index contributed by atoms with van der Waals surface area (Å²) in [6.45, 7) is 1.81. The average molecular weight is 248 g/mol. The molecular weight excluding hydrogens is 236 g/mol. The zero-order chi connectivity index (χ0) is 11.7. The minimum absolute atomic E-state index is 0.0296. The summed E-state index contributed by atoms with van der Waals surface area (Å²) in [6.07, 6.45) is 2.16. The highest BCUT2D eigenvalue weighted by molar-refractivity contribution is 7.08. The number of aromatic nitrogens is 3. The Balaban J connectivity index is 1.70. The minimum atomic E-state index is 0.0296. The summed E-state index contributed by atoms with van der Waals surface area (Å²) in [4.78, 5) is 11.9. The molecule has 0 radical (unpaired) electrons. The second-order valence-electron chi connectivity index (χ2n) is 4.13. The van der Waals surface area contributed by atoms with E-state index in [1.165, 1.54) is 0 Å². The summed E-state index contributed by atoms with van der Waals surface area (Å²) in [7, 11) is 0. The van der Waals surface area contributed by atoms with Crippen LogP contribution in [-0.4, -0.2) is 33.9 Å². The second-order valence-corrected chi connectivity index (χ2v) is 4.91. The van der Waals surface area contributed by atoms with Crippen LogP contribution in [0.3, 0.4) is 0 Å². The number of ketones is 1. The number of carbonyl (C=O) groups is 1. The van der Waals surface area contributed by atoms with Gasteiger partial charge in [-0.1, -0.05) is 5.21 Å². The van der Waals surface area contributed by atoms with Gasteiger partial charge in [-0.2, -0.15) is 11.3 Å². The Hall–Kier alpha value is -1.53. The number of hydrogen-bond acceptors (Lipinski definition) is 5. The minimum Gasteiger partial charge on any atom is -0.312 e. The number of Topliss-reactive ketones (excluding diaryl/α,β-unsaturated/α-hetero) is 1. The molecule has 0 aromatic carbocycles. The molecule has 0 aliphatic carbocycles. The first kappa shape index (κ1) is 10.6. The normalized spacial score (nSPS) is 15.8. The van der Waals surface area contributed by atoms with Gasteiger partial charge in [-0.15, -0.1) is 5.10 Å². The van der Waals surface area contributed by atoms with Crippen LogP contribution in [0, 0.1) is 0 Å². The van der Waals surface area contributed by atoms with E-state index >= 15 is 0 Å². The van der Waals surface area contributed by atoms with Crippen molar-refractivity contribution >= 4 is 17.1 Å². The summed E-state index contributed by atoms with van der Waals surface area (Å²) in [6, 6.07) is 2.31. The molecule has 3 heterocycles. The maximum atomic E-state index is 11.9. The molecule has 6 heteroatoms. The lowest BCUT2D eigenvalue weighted by Crippen LogP contribution is -2.43. The van der Waals surface area contributed by atoms with E-state index < -0.39 is 0 Å². The Morgan fingerprint density at radius 2 is 2.47 bits per heavy atom. The summed E-state index contributed by atoms with van der Waals surface area (Å²) in [5.74, 6) is 0.0296. The van der Waals surface area contributed by atoms with E-state index in [9.17, 15) is 4.79 Å². The van der Waals surface area contributed by atoms with E-state index in [-0.39, 0.29) is 5.78 Å². The van der Waals surface area contributed by atoms with Crippen LogP contribution in [0.1, 0.15) is 22.1 Å². The van der Waals surface area contributed by atoms with E-state index in [4.69, 9.17) is 0 Å². The highest BCUT2D eigenvalue weighted by atomic mass is 32.1. The summed E-state index contributed by atoms with van der Waals surface area (Å²) < 4.78 is 1.78. The smallest absolute Gasteiger partial charge is 0.189 e. The third-order valence-corrected chi connectivity index (χ3v) is 3.61. The van der Waals surface area contributed by atoms with Crippen LogP contribution in [0.5, 0.6) is 0 Å². The molecule has 0 spiro atoms. The van der Waals surface area contributed by atoms with Crippen molar-refractivity contribution in [1.29, 1.82) is 0 Å². The van der Waals surface area contributed by atoms with Crippen molar-refractivity contribution in [3.8, 4) is 0 Å². The van der Waals surface area contributed by atoms with Gasteiger partial charge in [0, 0.05) is 19.5 Å². The topological polar surface area (TPSA) is 59.8 Å². The van der Waals surface area contributed by atoms with E-state index in [1.54, 1.807) is 22.2 Å². The SMILES string of the molecule is O=C(Cc1ccsc1)c1cn(C2CNC2)nn1. The van der Waals surface area contributed by atoms with Crippen LogP contribution in [-0.2, 0) is 6.42 Å². The third-order valence-electron chi connectivity index (χ3n) is 2.87. The maximum absolute atomic E-state index is 11.9. The van der Waals surface area contributed by atoms with Crippen molar-refractivity contribution in [3.05, 3.63) is 34.3 Å². The molecule has 2 aromatic rings. The molecule has 1 aliphatic rings. The number of rotatable bonds is 4. The lowest BCUT2D eigenvalue weighted by Gasteiger charge is -2.26. The Morgan fingerprint density at radius 3 is 3.12 bits per heavy atom. The quantitative estimate of drug-likeness (QED) is 0.817. The van der Waals surface area contributed by atoms with Crippen LogP contribution < -0.4 is 5.32 Å². The number of thiophene rings is 1. The molecule has 1 N–H and O–H groups in total. The molecule has 1 aliphatic heterocycles. The highest BCUT2D eigenvalue weighted by Gasteiger charge is 2.21. The van der Waals surface area contributed by atoms with E-state index in [0.717, 1.165) is 18.7 Å². The maximum Gasteiger partial charge on any atom is 0.189 e. The number of hydrogen-bond donors (Lipinski definition) is 1. The fraction of sp³-hybridized carbons (Fsp3) is 0.364. The molecular formula is C11H12N4OS. The van der Waals surface area contributed by atoms with Gasteiger partial charge in [-0.05, 0) is 22.4 Å². The molecule has 2 aromatic heterocycles.